The second kappa shape index (κ2) is 7.25. The van der Waals surface area contributed by atoms with Gasteiger partial charge in [0.05, 0.1) is 6.54 Å². The summed E-state index contributed by atoms with van der Waals surface area (Å²) in [7, 11) is 1.40. The van der Waals surface area contributed by atoms with Crippen LogP contribution in [0.1, 0.15) is 19.8 Å². The van der Waals surface area contributed by atoms with E-state index in [-0.39, 0.29) is 25.3 Å². The van der Waals surface area contributed by atoms with Gasteiger partial charge in [0.1, 0.15) is 6.04 Å². The molecule has 18 heavy (non-hydrogen) atoms. The maximum atomic E-state index is 11.4. The predicted molar refractivity (Wildman–Crippen MR) is 59.7 cm³/mol. The fraction of sp³-hybridized carbons (Fsp3) is 0.600. The van der Waals surface area contributed by atoms with E-state index in [1.165, 1.54) is 14.0 Å². The second-order valence-electron chi connectivity index (χ2n) is 3.77. The van der Waals surface area contributed by atoms with Gasteiger partial charge in [-0.2, -0.15) is 0 Å². The summed E-state index contributed by atoms with van der Waals surface area (Å²) in [5, 5.41) is 19.4. The summed E-state index contributed by atoms with van der Waals surface area (Å²) in [5.74, 6) is -3.43. The number of carboxylic acids is 2. The summed E-state index contributed by atoms with van der Waals surface area (Å²) >= 11 is 0. The minimum atomic E-state index is -1.31. The average Bonchev–Trinajstić information content (AvgIpc) is 2.23. The lowest BCUT2D eigenvalue weighted by atomic mass is 10.1. The van der Waals surface area contributed by atoms with Crippen LogP contribution in [0.5, 0.6) is 0 Å². The van der Waals surface area contributed by atoms with E-state index >= 15 is 0 Å². The average molecular weight is 260 g/mol. The summed E-state index contributed by atoms with van der Waals surface area (Å²) in [6, 6.07) is -1.27. The lowest BCUT2D eigenvalue weighted by Crippen LogP contribution is -2.45. The summed E-state index contributed by atoms with van der Waals surface area (Å²) in [6.07, 6.45) is -0.569. The Hall–Kier alpha value is -2.12. The molecule has 3 N–H and O–H groups in total. The highest BCUT2D eigenvalue weighted by Crippen LogP contribution is 1.98. The highest BCUT2D eigenvalue weighted by Gasteiger charge is 2.21. The molecule has 0 saturated carbocycles. The number of amides is 2. The van der Waals surface area contributed by atoms with Crippen LogP contribution in [0.2, 0.25) is 0 Å². The van der Waals surface area contributed by atoms with Crippen LogP contribution in [0, 0.1) is 0 Å². The van der Waals surface area contributed by atoms with Gasteiger partial charge in [0.2, 0.25) is 11.8 Å². The van der Waals surface area contributed by atoms with E-state index in [4.69, 9.17) is 10.2 Å². The molecular weight excluding hydrogens is 244 g/mol. The Morgan fingerprint density at radius 3 is 2.17 bits per heavy atom. The van der Waals surface area contributed by atoms with Gasteiger partial charge >= 0.3 is 11.9 Å². The Morgan fingerprint density at radius 2 is 1.78 bits per heavy atom. The topological polar surface area (TPSA) is 124 Å². The van der Waals surface area contributed by atoms with Gasteiger partial charge in [0.25, 0.3) is 0 Å². The smallest absolute Gasteiger partial charge is 0.326 e. The van der Waals surface area contributed by atoms with Crippen molar-refractivity contribution in [1.82, 2.24) is 10.2 Å². The van der Waals surface area contributed by atoms with Crippen LogP contribution in [0.4, 0.5) is 0 Å². The molecule has 1 atom stereocenters. The minimum absolute atomic E-state index is 0.208. The maximum Gasteiger partial charge on any atom is 0.326 e. The Balaban J connectivity index is 4.32. The van der Waals surface area contributed by atoms with Crippen molar-refractivity contribution in [3.05, 3.63) is 0 Å². The zero-order chi connectivity index (χ0) is 14.3. The van der Waals surface area contributed by atoms with Crippen molar-refractivity contribution in [3.8, 4) is 0 Å². The van der Waals surface area contributed by atoms with E-state index in [0.29, 0.717) is 0 Å². The first kappa shape index (κ1) is 15.9. The molecule has 0 fully saturated rings. The largest absolute Gasteiger partial charge is 0.481 e. The number of carboxylic acid groups (broad SMARTS) is 2. The van der Waals surface area contributed by atoms with Crippen LogP contribution in [-0.4, -0.2) is 58.5 Å². The maximum absolute atomic E-state index is 11.4. The van der Waals surface area contributed by atoms with Crippen LogP contribution in [0.15, 0.2) is 0 Å². The number of carbonyl (C=O) groups excluding carboxylic acids is 2. The number of carbonyl (C=O) groups is 4. The van der Waals surface area contributed by atoms with Crippen molar-refractivity contribution in [2.45, 2.75) is 25.8 Å². The summed E-state index contributed by atoms with van der Waals surface area (Å²) in [6.45, 7) is 0.999. The van der Waals surface area contributed by atoms with Gasteiger partial charge in [-0.1, -0.05) is 0 Å². The molecule has 0 rings (SSSR count). The lowest BCUT2D eigenvalue weighted by molar-refractivity contribution is -0.143. The van der Waals surface area contributed by atoms with Crippen LogP contribution in [0.25, 0.3) is 0 Å². The second-order valence-corrected chi connectivity index (χ2v) is 3.77. The Morgan fingerprint density at radius 1 is 1.22 bits per heavy atom. The van der Waals surface area contributed by atoms with Crippen LogP contribution >= 0.6 is 0 Å². The molecule has 0 heterocycles. The Bertz CT molecular complexity index is 354. The zero-order valence-corrected chi connectivity index (χ0v) is 10.2. The van der Waals surface area contributed by atoms with Crippen molar-refractivity contribution < 1.29 is 29.4 Å². The van der Waals surface area contributed by atoms with Crippen molar-refractivity contribution in [3.63, 3.8) is 0 Å². The van der Waals surface area contributed by atoms with Gasteiger partial charge in [0, 0.05) is 20.4 Å². The SMILES string of the molecule is CC(=O)N(C)CC(=O)N[C@@H](CCC(=O)O)C(=O)O. The third kappa shape index (κ3) is 6.46. The van der Waals surface area contributed by atoms with Gasteiger partial charge in [-0.3, -0.25) is 14.4 Å². The molecule has 8 nitrogen and oxygen atoms in total. The molecule has 0 aliphatic heterocycles. The van der Waals surface area contributed by atoms with Gasteiger partial charge in [-0.15, -0.1) is 0 Å². The Kier molecular flexibility index (Phi) is 6.40. The van der Waals surface area contributed by atoms with E-state index in [0.717, 1.165) is 4.90 Å². The normalized spacial score (nSPS) is 11.4. The fourth-order valence-electron chi connectivity index (χ4n) is 1.09. The van der Waals surface area contributed by atoms with Crippen molar-refractivity contribution in [2.75, 3.05) is 13.6 Å². The third-order valence-corrected chi connectivity index (χ3v) is 2.20. The molecular formula is C10H16N2O6. The first-order valence-electron chi connectivity index (χ1n) is 5.19. The van der Waals surface area contributed by atoms with Crippen LogP contribution in [0.3, 0.4) is 0 Å². The zero-order valence-electron chi connectivity index (χ0n) is 10.2. The molecule has 0 spiro atoms. The van der Waals surface area contributed by atoms with Gasteiger partial charge in [-0.25, -0.2) is 4.79 Å². The van der Waals surface area contributed by atoms with Gasteiger partial charge < -0.3 is 20.4 Å². The molecule has 0 radical (unpaired) electrons. The van der Waals surface area contributed by atoms with E-state index in [9.17, 15) is 19.2 Å². The number of nitrogens with zero attached hydrogens (tertiary/aromatic N) is 1. The molecule has 2 amide bonds. The third-order valence-electron chi connectivity index (χ3n) is 2.20. The highest BCUT2D eigenvalue weighted by molar-refractivity contribution is 5.87. The molecule has 0 aromatic heterocycles. The number of aliphatic carboxylic acids is 2. The summed E-state index contributed by atoms with van der Waals surface area (Å²) < 4.78 is 0. The molecule has 0 aromatic carbocycles. The molecule has 0 aliphatic carbocycles. The standard InChI is InChI=1S/C10H16N2O6/c1-6(13)12(2)5-8(14)11-7(10(17)18)3-4-9(15)16/h7H,3-5H2,1-2H3,(H,11,14)(H,15,16)(H,17,18)/t7-/m0/s1. The van der Waals surface area contributed by atoms with Gasteiger partial charge in [0.15, 0.2) is 0 Å². The molecule has 8 heteroatoms. The molecule has 0 unspecified atom stereocenters. The van der Waals surface area contributed by atoms with Crippen LogP contribution < -0.4 is 5.32 Å². The van der Waals surface area contributed by atoms with Crippen molar-refractivity contribution >= 4 is 23.8 Å². The molecule has 0 saturated heterocycles. The van der Waals surface area contributed by atoms with E-state index < -0.39 is 23.9 Å². The molecule has 102 valence electrons. The van der Waals surface area contributed by atoms with Crippen molar-refractivity contribution in [1.29, 1.82) is 0 Å². The fourth-order valence-corrected chi connectivity index (χ4v) is 1.09. The van der Waals surface area contributed by atoms with E-state index in [2.05, 4.69) is 5.32 Å². The first-order chi connectivity index (χ1) is 8.23. The number of likely N-dealkylation sites (N-methyl/N-ethyl adjacent to an activating group) is 1. The highest BCUT2D eigenvalue weighted by atomic mass is 16.4. The lowest BCUT2D eigenvalue weighted by Gasteiger charge is -2.17. The minimum Gasteiger partial charge on any atom is -0.481 e. The monoisotopic (exact) mass is 260 g/mol. The number of hydrogen-bond donors (Lipinski definition) is 3. The quantitative estimate of drug-likeness (QED) is 0.533. The van der Waals surface area contributed by atoms with Gasteiger partial charge in [-0.05, 0) is 6.42 Å². The number of rotatable bonds is 7. The number of nitrogens with one attached hydrogen (secondary N) is 1. The molecule has 0 aromatic rings. The summed E-state index contributed by atoms with van der Waals surface area (Å²) in [5.41, 5.74) is 0. The number of hydrogen-bond acceptors (Lipinski definition) is 4. The Labute approximate surface area is 104 Å². The molecule has 0 bridgehead atoms. The predicted octanol–water partition coefficient (Wildman–Crippen LogP) is -1.10. The summed E-state index contributed by atoms with van der Waals surface area (Å²) in [4.78, 5) is 44.5. The van der Waals surface area contributed by atoms with E-state index in [1.54, 1.807) is 0 Å². The van der Waals surface area contributed by atoms with Crippen LogP contribution in [-0.2, 0) is 19.2 Å². The first-order valence-corrected chi connectivity index (χ1v) is 5.19. The molecule has 0 aliphatic rings. The van der Waals surface area contributed by atoms with Crippen molar-refractivity contribution in [2.24, 2.45) is 0 Å². The van der Waals surface area contributed by atoms with E-state index in [1.807, 2.05) is 0 Å².